The van der Waals surface area contributed by atoms with Gasteiger partial charge >= 0.3 is 0 Å². The molecule has 1 aromatic carbocycles. The number of nitrogens with zero attached hydrogens (tertiary/aromatic N) is 1. The van der Waals surface area contributed by atoms with Crippen molar-refractivity contribution in [2.75, 3.05) is 7.05 Å². The fourth-order valence-electron chi connectivity index (χ4n) is 2.51. The number of rotatable bonds is 5. The van der Waals surface area contributed by atoms with E-state index in [1.54, 1.807) is 6.07 Å². The molecule has 3 rings (SSSR count). The average Bonchev–Trinajstić information content (AvgIpc) is 3.02. The van der Waals surface area contributed by atoms with Crippen molar-refractivity contribution in [2.24, 2.45) is 5.92 Å². The van der Waals surface area contributed by atoms with Crippen LogP contribution in [0.15, 0.2) is 45.7 Å². The van der Waals surface area contributed by atoms with E-state index in [2.05, 4.69) is 6.92 Å². The smallest absolute Gasteiger partial charge is 0.243 e. The zero-order valence-corrected chi connectivity index (χ0v) is 13.3. The molecule has 0 spiro atoms. The summed E-state index contributed by atoms with van der Waals surface area (Å²) in [7, 11) is -2.27. The number of benzene rings is 1. The lowest BCUT2D eigenvalue weighted by Crippen LogP contribution is -2.26. The Hall–Kier alpha value is -1.66. The standard InChI is InChI=1S/C16H18FNO3S/c1-11-8-15(11)16-7-6-13(21-16)10-18(2)22(19,20)14-5-3-4-12(17)9-14/h3-7,9,11,15H,8,10H2,1-2H3/t11-,15+/m0/s1. The van der Waals surface area contributed by atoms with Crippen LogP contribution in [-0.4, -0.2) is 19.8 Å². The molecule has 1 saturated carbocycles. The van der Waals surface area contributed by atoms with Gasteiger partial charge in [0, 0.05) is 13.0 Å². The van der Waals surface area contributed by atoms with Crippen LogP contribution in [0, 0.1) is 11.7 Å². The largest absolute Gasteiger partial charge is 0.464 e. The lowest BCUT2D eigenvalue weighted by atomic mass is 10.3. The van der Waals surface area contributed by atoms with Gasteiger partial charge in [-0.25, -0.2) is 12.8 Å². The van der Waals surface area contributed by atoms with E-state index in [1.165, 1.54) is 29.6 Å². The van der Waals surface area contributed by atoms with Gasteiger partial charge in [0.1, 0.15) is 17.3 Å². The molecular formula is C16H18FNO3S. The van der Waals surface area contributed by atoms with Crippen molar-refractivity contribution in [2.45, 2.75) is 30.7 Å². The molecule has 0 aliphatic heterocycles. The van der Waals surface area contributed by atoms with Crippen LogP contribution < -0.4 is 0 Å². The Labute approximate surface area is 129 Å². The molecular weight excluding hydrogens is 305 g/mol. The Morgan fingerprint density at radius 1 is 1.32 bits per heavy atom. The summed E-state index contributed by atoms with van der Waals surface area (Å²) in [6.45, 7) is 2.29. The number of hydrogen-bond acceptors (Lipinski definition) is 3. The minimum Gasteiger partial charge on any atom is -0.464 e. The lowest BCUT2D eigenvalue weighted by Gasteiger charge is -2.16. The normalized spacial score (nSPS) is 21.3. The predicted molar refractivity (Wildman–Crippen MR) is 80.3 cm³/mol. The first kappa shape index (κ1) is 15.2. The van der Waals surface area contributed by atoms with Gasteiger partial charge in [-0.2, -0.15) is 4.31 Å². The minimum atomic E-state index is -3.73. The highest BCUT2D eigenvalue weighted by Crippen LogP contribution is 2.47. The van der Waals surface area contributed by atoms with Crippen LogP contribution in [0.5, 0.6) is 0 Å². The third-order valence-corrected chi connectivity index (χ3v) is 5.84. The third-order valence-electron chi connectivity index (χ3n) is 4.04. The van der Waals surface area contributed by atoms with Crippen LogP contribution in [0.1, 0.15) is 30.8 Å². The average molecular weight is 323 g/mol. The van der Waals surface area contributed by atoms with Gasteiger partial charge in [0.25, 0.3) is 0 Å². The van der Waals surface area contributed by atoms with Crippen molar-refractivity contribution < 1.29 is 17.2 Å². The fraction of sp³-hybridized carbons (Fsp3) is 0.375. The molecule has 118 valence electrons. The molecule has 4 nitrogen and oxygen atoms in total. The zero-order chi connectivity index (χ0) is 15.9. The number of hydrogen-bond donors (Lipinski definition) is 0. The van der Waals surface area contributed by atoms with Crippen molar-refractivity contribution in [3.8, 4) is 0 Å². The number of furan rings is 1. The molecule has 0 saturated heterocycles. The van der Waals surface area contributed by atoms with E-state index in [1.807, 2.05) is 6.07 Å². The van der Waals surface area contributed by atoms with E-state index in [4.69, 9.17) is 4.42 Å². The molecule has 6 heteroatoms. The van der Waals surface area contributed by atoms with Gasteiger partial charge in [0.05, 0.1) is 11.4 Å². The van der Waals surface area contributed by atoms with Crippen LogP contribution in [0.3, 0.4) is 0 Å². The van der Waals surface area contributed by atoms with Crippen LogP contribution in [-0.2, 0) is 16.6 Å². The zero-order valence-electron chi connectivity index (χ0n) is 12.5. The van der Waals surface area contributed by atoms with Crippen LogP contribution in [0.25, 0.3) is 0 Å². The summed E-state index contributed by atoms with van der Waals surface area (Å²) in [5, 5.41) is 0. The van der Waals surface area contributed by atoms with E-state index < -0.39 is 15.8 Å². The first-order chi connectivity index (χ1) is 10.4. The van der Waals surface area contributed by atoms with Crippen molar-refractivity contribution in [3.05, 3.63) is 53.7 Å². The Balaban J connectivity index is 1.76. The summed E-state index contributed by atoms with van der Waals surface area (Å²) in [5.74, 6) is 2.03. The van der Waals surface area contributed by atoms with Gasteiger partial charge in [-0.15, -0.1) is 0 Å². The lowest BCUT2D eigenvalue weighted by molar-refractivity contribution is 0.389. The monoisotopic (exact) mass is 323 g/mol. The Kier molecular flexibility index (Phi) is 3.82. The highest BCUT2D eigenvalue weighted by molar-refractivity contribution is 7.89. The summed E-state index contributed by atoms with van der Waals surface area (Å²) in [4.78, 5) is -0.0578. The molecule has 0 radical (unpaired) electrons. The molecule has 22 heavy (non-hydrogen) atoms. The Bertz CT molecular complexity index is 784. The fourth-order valence-corrected chi connectivity index (χ4v) is 3.68. The summed E-state index contributed by atoms with van der Waals surface area (Å²) >= 11 is 0. The van der Waals surface area contributed by atoms with Crippen molar-refractivity contribution in [1.29, 1.82) is 0 Å². The Morgan fingerprint density at radius 2 is 2.05 bits per heavy atom. The van der Waals surface area contributed by atoms with Gasteiger partial charge < -0.3 is 4.42 Å². The second kappa shape index (κ2) is 5.52. The topological polar surface area (TPSA) is 50.5 Å². The van der Waals surface area contributed by atoms with Crippen LogP contribution >= 0.6 is 0 Å². The number of halogens is 1. The van der Waals surface area contributed by atoms with Gasteiger partial charge in [-0.05, 0) is 42.7 Å². The SMILES string of the molecule is C[C@H]1C[C@H]1c1ccc(CN(C)S(=O)(=O)c2cccc(F)c2)o1. The third kappa shape index (κ3) is 2.94. The quantitative estimate of drug-likeness (QED) is 0.848. The minimum absolute atomic E-state index is 0.0578. The molecule has 2 aromatic rings. The summed E-state index contributed by atoms with van der Waals surface area (Å²) in [6.07, 6.45) is 1.12. The van der Waals surface area contributed by atoms with Crippen LogP contribution in [0.4, 0.5) is 4.39 Å². The molecule has 1 aromatic heterocycles. The first-order valence-electron chi connectivity index (χ1n) is 7.18. The van der Waals surface area contributed by atoms with Gasteiger partial charge in [0.15, 0.2) is 0 Å². The van der Waals surface area contributed by atoms with Gasteiger partial charge in [-0.3, -0.25) is 0 Å². The van der Waals surface area contributed by atoms with Gasteiger partial charge in [-0.1, -0.05) is 13.0 Å². The summed E-state index contributed by atoms with van der Waals surface area (Å²) in [5.41, 5.74) is 0. The molecule has 1 aliphatic carbocycles. The summed E-state index contributed by atoms with van der Waals surface area (Å²) in [6, 6.07) is 8.72. The van der Waals surface area contributed by atoms with E-state index in [0.29, 0.717) is 17.6 Å². The highest BCUT2D eigenvalue weighted by Gasteiger charge is 2.36. The van der Waals surface area contributed by atoms with E-state index >= 15 is 0 Å². The predicted octanol–water partition coefficient (Wildman–Crippen LogP) is 3.36. The van der Waals surface area contributed by atoms with E-state index in [9.17, 15) is 12.8 Å². The van der Waals surface area contributed by atoms with E-state index in [0.717, 1.165) is 18.2 Å². The van der Waals surface area contributed by atoms with Crippen molar-refractivity contribution in [1.82, 2.24) is 4.31 Å². The maximum absolute atomic E-state index is 13.2. The first-order valence-corrected chi connectivity index (χ1v) is 8.62. The molecule has 0 unspecified atom stereocenters. The number of sulfonamides is 1. The highest BCUT2D eigenvalue weighted by atomic mass is 32.2. The summed E-state index contributed by atoms with van der Waals surface area (Å²) < 4.78 is 44.9. The second-order valence-corrected chi connectivity index (χ2v) is 7.89. The molecule has 1 aliphatic rings. The molecule has 1 heterocycles. The molecule has 0 amide bonds. The van der Waals surface area contributed by atoms with Crippen molar-refractivity contribution >= 4 is 10.0 Å². The molecule has 1 fully saturated rings. The maximum Gasteiger partial charge on any atom is 0.243 e. The molecule has 0 N–H and O–H groups in total. The van der Waals surface area contributed by atoms with Crippen molar-refractivity contribution in [3.63, 3.8) is 0 Å². The molecule has 2 atom stereocenters. The van der Waals surface area contributed by atoms with Crippen LogP contribution in [0.2, 0.25) is 0 Å². The van der Waals surface area contributed by atoms with Gasteiger partial charge in [0.2, 0.25) is 10.0 Å². The maximum atomic E-state index is 13.2. The second-order valence-electron chi connectivity index (χ2n) is 5.84. The molecule has 0 bridgehead atoms. The Morgan fingerprint density at radius 3 is 2.68 bits per heavy atom. The van der Waals surface area contributed by atoms with E-state index in [-0.39, 0.29) is 11.4 Å².